The van der Waals surface area contributed by atoms with Crippen LogP contribution < -0.4 is 0 Å². The molecule has 0 saturated carbocycles. The minimum absolute atomic E-state index is 0.306. The van der Waals surface area contributed by atoms with Crippen LogP contribution >= 0.6 is 0 Å². The van der Waals surface area contributed by atoms with Gasteiger partial charge in [-0.2, -0.15) is 13.2 Å². The maximum absolute atomic E-state index is 11.4. The second-order valence-electron chi connectivity index (χ2n) is 1.63. The SMILES string of the molecule is O=S(CCO)CC(F)(F)F. The summed E-state index contributed by atoms with van der Waals surface area (Å²) in [6, 6.07) is 0. The summed E-state index contributed by atoms with van der Waals surface area (Å²) >= 11 is 0. The van der Waals surface area contributed by atoms with Crippen molar-refractivity contribution < 1.29 is 22.5 Å². The number of aliphatic hydroxyl groups excluding tert-OH is 1. The summed E-state index contributed by atoms with van der Waals surface area (Å²) in [7, 11) is -1.96. The van der Waals surface area contributed by atoms with Crippen molar-refractivity contribution in [1.82, 2.24) is 0 Å². The summed E-state index contributed by atoms with van der Waals surface area (Å²) in [6.45, 7) is -0.470. The van der Waals surface area contributed by atoms with E-state index in [9.17, 15) is 17.4 Å². The molecule has 0 aromatic heterocycles. The molecule has 1 unspecified atom stereocenters. The summed E-state index contributed by atoms with van der Waals surface area (Å²) in [5.74, 6) is -1.63. The predicted octanol–water partition coefficient (Wildman–Crippen LogP) is 0.290. The Labute approximate surface area is 58.5 Å². The van der Waals surface area contributed by atoms with E-state index in [-0.39, 0.29) is 5.75 Å². The molecule has 62 valence electrons. The smallest absolute Gasteiger partial charge is 0.395 e. The van der Waals surface area contributed by atoms with Gasteiger partial charge in [0.25, 0.3) is 0 Å². The van der Waals surface area contributed by atoms with E-state index in [0.717, 1.165) is 0 Å². The largest absolute Gasteiger partial charge is 0.400 e. The molecule has 0 spiro atoms. The molecule has 0 radical (unpaired) electrons. The molecule has 0 aliphatic heterocycles. The molecular weight excluding hydrogens is 169 g/mol. The van der Waals surface area contributed by atoms with E-state index >= 15 is 0 Å². The van der Waals surface area contributed by atoms with Crippen molar-refractivity contribution in [3.05, 3.63) is 0 Å². The van der Waals surface area contributed by atoms with E-state index in [1.807, 2.05) is 0 Å². The molecule has 0 aromatic carbocycles. The van der Waals surface area contributed by atoms with Crippen LogP contribution in [0.1, 0.15) is 0 Å². The van der Waals surface area contributed by atoms with Gasteiger partial charge in [0.2, 0.25) is 0 Å². The van der Waals surface area contributed by atoms with Gasteiger partial charge in [0.05, 0.1) is 6.61 Å². The Balaban J connectivity index is 3.58. The van der Waals surface area contributed by atoms with E-state index < -0.39 is 29.3 Å². The third kappa shape index (κ3) is 6.03. The Morgan fingerprint density at radius 3 is 2.20 bits per heavy atom. The van der Waals surface area contributed by atoms with Gasteiger partial charge < -0.3 is 5.11 Å². The quantitative estimate of drug-likeness (QED) is 0.671. The van der Waals surface area contributed by atoms with E-state index in [1.165, 1.54) is 0 Å². The average molecular weight is 176 g/mol. The number of halogens is 3. The van der Waals surface area contributed by atoms with Crippen molar-refractivity contribution >= 4 is 10.8 Å². The molecule has 0 fully saturated rings. The summed E-state index contributed by atoms with van der Waals surface area (Å²) in [5, 5.41) is 8.07. The van der Waals surface area contributed by atoms with Crippen LogP contribution in [-0.4, -0.2) is 33.6 Å². The van der Waals surface area contributed by atoms with Gasteiger partial charge in [0, 0.05) is 16.6 Å². The van der Waals surface area contributed by atoms with Crippen LogP contribution in [0.5, 0.6) is 0 Å². The molecular formula is C4H7F3O2S. The van der Waals surface area contributed by atoms with Gasteiger partial charge in [0.1, 0.15) is 5.75 Å². The molecule has 0 saturated heterocycles. The first-order chi connectivity index (χ1) is 4.45. The highest BCUT2D eigenvalue weighted by Crippen LogP contribution is 2.15. The predicted molar refractivity (Wildman–Crippen MR) is 31.0 cm³/mol. The first kappa shape index (κ1) is 9.90. The molecule has 10 heavy (non-hydrogen) atoms. The normalized spacial score (nSPS) is 15.2. The van der Waals surface area contributed by atoms with Crippen LogP contribution in [-0.2, 0) is 10.8 Å². The average Bonchev–Trinajstić information content (AvgIpc) is 1.59. The Morgan fingerprint density at radius 1 is 1.40 bits per heavy atom. The Bertz CT molecular complexity index is 122. The monoisotopic (exact) mass is 176 g/mol. The fraction of sp³-hybridized carbons (Fsp3) is 1.00. The lowest BCUT2D eigenvalue weighted by molar-refractivity contribution is -0.105. The van der Waals surface area contributed by atoms with Crippen LogP contribution in [0, 0.1) is 0 Å². The van der Waals surface area contributed by atoms with Gasteiger partial charge in [-0.3, -0.25) is 4.21 Å². The lowest BCUT2D eigenvalue weighted by Crippen LogP contribution is -2.21. The first-order valence-corrected chi connectivity index (χ1v) is 3.97. The third-order valence-corrected chi connectivity index (χ3v) is 1.93. The van der Waals surface area contributed by atoms with Crippen LogP contribution in [0.15, 0.2) is 0 Å². The second kappa shape index (κ2) is 3.92. The van der Waals surface area contributed by atoms with E-state index in [1.54, 1.807) is 0 Å². The van der Waals surface area contributed by atoms with Gasteiger partial charge in [-0.15, -0.1) is 0 Å². The van der Waals surface area contributed by atoms with E-state index in [2.05, 4.69) is 0 Å². The fourth-order valence-corrected chi connectivity index (χ4v) is 1.07. The molecule has 6 heteroatoms. The number of rotatable bonds is 3. The van der Waals surface area contributed by atoms with Crippen LogP contribution in [0.3, 0.4) is 0 Å². The topological polar surface area (TPSA) is 37.3 Å². The highest BCUT2D eigenvalue weighted by Gasteiger charge is 2.29. The molecule has 0 heterocycles. The minimum atomic E-state index is -4.39. The number of aliphatic hydroxyl groups is 1. The lowest BCUT2D eigenvalue weighted by Gasteiger charge is -2.03. The van der Waals surface area contributed by atoms with Crippen molar-refractivity contribution in [2.45, 2.75) is 6.18 Å². The van der Waals surface area contributed by atoms with Gasteiger partial charge in [-0.25, -0.2) is 0 Å². The number of hydrogen-bond acceptors (Lipinski definition) is 2. The first-order valence-electron chi connectivity index (χ1n) is 2.48. The van der Waals surface area contributed by atoms with Crippen molar-refractivity contribution in [3.63, 3.8) is 0 Å². The number of alkyl halides is 3. The zero-order valence-electron chi connectivity index (χ0n) is 5.02. The molecule has 2 nitrogen and oxygen atoms in total. The molecule has 1 N–H and O–H groups in total. The summed E-state index contributed by atoms with van der Waals surface area (Å²) < 4.78 is 44.4. The van der Waals surface area contributed by atoms with E-state index in [4.69, 9.17) is 5.11 Å². The summed E-state index contributed by atoms with van der Waals surface area (Å²) in [6.07, 6.45) is -4.39. The van der Waals surface area contributed by atoms with Crippen molar-refractivity contribution in [1.29, 1.82) is 0 Å². The molecule has 0 aliphatic carbocycles. The Hall–Kier alpha value is -0.100. The fourth-order valence-electron chi connectivity index (χ4n) is 0.357. The van der Waals surface area contributed by atoms with Crippen molar-refractivity contribution in [2.75, 3.05) is 18.1 Å². The van der Waals surface area contributed by atoms with E-state index in [0.29, 0.717) is 0 Å². The van der Waals surface area contributed by atoms with Crippen LogP contribution in [0.4, 0.5) is 13.2 Å². The van der Waals surface area contributed by atoms with Crippen molar-refractivity contribution in [2.24, 2.45) is 0 Å². The molecule has 0 bridgehead atoms. The standard InChI is InChI=1S/C4H7F3O2S/c5-4(6,7)3-10(9)2-1-8/h8H,1-3H2. The Morgan fingerprint density at radius 2 is 1.90 bits per heavy atom. The van der Waals surface area contributed by atoms with Crippen molar-refractivity contribution in [3.8, 4) is 0 Å². The molecule has 0 aromatic rings. The van der Waals surface area contributed by atoms with Crippen LogP contribution in [0.25, 0.3) is 0 Å². The summed E-state index contributed by atoms with van der Waals surface area (Å²) in [4.78, 5) is 0. The highest BCUT2D eigenvalue weighted by molar-refractivity contribution is 7.85. The highest BCUT2D eigenvalue weighted by atomic mass is 32.2. The lowest BCUT2D eigenvalue weighted by atomic mass is 10.8. The van der Waals surface area contributed by atoms with Crippen LogP contribution in [0.2, 0.25) is 0 Å². The zero-order valence-corrected chi connectivity index (χ0v) is 5.84. The van der Waals surface area contributed by atoms with Gasteiger partial charge in [0.15, 0.2) is 0 Å². The second-order valence-corrected chi connectivity index (χ2v) is 3.20. The van der Waals surface area contributed by atoms with Gasteiger partial charge >= 0.3 is 6.18 Å². The van der Waals surface area contributed by atoms with Gasteiger partial charge in [-0.1, -0.05) is 0 Å². The van der Waals surface area contributed by atoms with Gasteiger partial charge in [-0.05, 0) is 0 Å². The molecule has 0 rings (SSSR count). The Kier molecular flexibility index (Phi) is 3.88. The maximum Gasteiger partial charge on any atom is 0.400 e. The maximum atomic E-state index is 11.4. The minimum Gasteiger partial charge on any atom is -0.395 e. The third-order valence-electron chi connectivity index (χ3n) is 0.644. The molecule has 0 aliphatic rings. The molecule has 0 amide bonds. The molecule has 1 atom stereocenters. The zero-order chi connectivity index (χ0) is 8.20. The number of hydrogen-bond donors (Lipinski definition) is 1. The summed E-state index contributed by atoms with van der Waals surface area (Å²) in [5.41, 5.74) is 0.